The number of aliphatic hydroxyl groups excluding tert-OH is 1. The van der Waals surface area contributed by atoms with E-state index in [2.05, 4.69) is 37.9 Å². The number of aliphatic hydroxyl groups is 1. The normalized spacial score (nSPS) is 13.0. The molecular formula is C18H23NO2. The van der Waals surface area contributed by atoms with Crippen molar-refractivity contribution in [3.8, 4) is 11.5 Å². The molecule has 2 aromatic rings. The Morgan fingerprint density at radius 1 is 1.14 bits per heavy atom. The minimum absolute atomic E-state index is 0.0900. The first-order valence-corrected chi connectivity index (χ1v) is 7.32. The molecule has 0 fully saturated rings. The van der Waals surface area contributed by atoms with Crippen LogP contribution in [0.4, 0.5) is 0 Å². The van der Waals surface area contributed by atoms with E-state index in [1.54, 1.807) is 12.3 Å². The quantitative estimate of drug-likeness (QED) is 0.891. The molecule has 1 N–H and O–H groups in total. The van der Waals surface area contributed by atoms with Gasteiger partial charge in [0, 0.05) is 0 Å². The minimum atomic E-state index is -0.511. The van der Waals surface area contributed by atoms with E-state index in [9.17, 15) is 5.11 Å². The van der Waals surface area contributed by atoms with Gasteiger partial charge in [-0.05, 0) is 41.7 Å². The van der Waals surface area contributed by atoms with Crippen LogP contribution < -0.4 is 4.74 Å². The van der Waals surface area contributed by atoms with Crippen molar-refractivity contribution in [1.82, 2.24) is 4.98 Å². The molecule has 1 heterocycles. The van der Waals surface area contributed by atoms with Crippen molar-refractivity contribution in [1.29, 1.82) is 0 Å². The Morgan fingerprint density at radius 2 is 1.90 bits per heavy atom. The van der Waals surface area contributed by atoms with Crippen LogP contribution in [-0.4, -0.2) is 10.1 Å². The summed E-state index contributed by atoms with van der Waals surface area (Å²) in [6.45, 7) is 8.45. The summed E-state index contributed by atoms with van der Waals surface area (Å²) in [5.41, 5.74) is 1.99. The maximum atomic E-state index is 9.73. The van der Waals surface area contributed by atoms with E-state index in [0.29, 0.717) is 17.9 Å². The molecule has 1 atom stereocenters. The second-order valence-corrected chi connectivity index (χ2v) is 6.22. The van der Waals surface area contributed by atoms with Gasteiger partial charge in [0.2, 0.25) is 0 Å². The Bertz CT molecular complexity index is 585. The number of ether oxygens (including phenoxy) is 1. The summed E-state index contributed by atoms with van der Waals surface area (Å²) in [5, 5.41) is 9.73. The molecule has 1 aromatic heterocycles. The van der Waals surface area contributed by atoms with Crippen LogP contribution in [0.5, 0.6) is 11.5 Å². The van der Waals surface area contributed by atoms with Gasteiger partial charge in [0.05, 0.1) is 18.0 Å². The van der Waals surface area contributed by atoms with Gasteiger partial charge in [0.25, 0.3) is 0 Å². The van der Waals surface area contributed by atoms with E-state index in [-0.39, 0.29) is 5.41 Å². The fraction of sp³-hybridized carbons (Fsp3) is 0.389. The smallest absolute Gasteiger partial charge is 0.145 e. The Hall–Kier alpha value is -1.87. The van der Waals surface area contributed by atoms with Gasteiger partial charge in [-0.3, -0.25) is 4.98 Å². The van der Waals surface area contributed by atoms with E-state index in [4.69, 9.17) is 4.74 Å². The molecule has 2 rings (SSSR count). The molecule has 0 radical (unpaired) electrons. The number of hydrogen-bond acceptors (Lipinski definition) is 3. The first kappa shape index (κ1) is 15.5. The number of benzene rings is 1. The molecule has 0 amide bonds. The fourth-order valence-corrected chi connectivity index (χ4v) is 2.02. The molecule has 0 saturated heterocycles. The van der Waals surface area contributed by atoms with Crippen LogP contribution in [0.3, 0.4) is 0 Å². The second kappa shape index (κ2) is 6.27. The van der Waals surface area contributed by atoms with Crippen LogP contribution in [0, 0.1) is 0 Å². The number of nitrogens with zero attached hydrogens (tertiary/aromatic N) is 1. The van der Waals surface area contributed by atoms with Gasteiger partial charge in [0.1, 0.15) is 11.5 Å². The van der Waals surface area contributed by atoms with Gasteiger partial charge >= 0.3 is 0 Å². The van der Waals surface area contributed by atoms with E-state index in [1.165, 1.54) is 5.56 Å². The lowest BCUT2D eigenvalue weighted by Crippen LogP contribution is -2.10. The zero-order valence-corrected chi connectivity index (χ0v) is 13.1. The predicted octanol–water partition coefficient (Wildman–Crippen LogP) is 4.61. The molecule has 0 spiro atoms. The number of rotatable bonds is 4. The van der Waals surface area contributed by atoms with Crippen LogP contribution in [-0.2, 0) is 5.41 Å². The van der Waals surface area contributed by atoms with Crippen LogP contribution in [0.25, 0.3) is 0 Å². The monoisotopic (exact) mass is 285 g/mol. The largest absolute Gasteiger partial charge is 0.456 e. The van der Waals surface area contributed by atoms with Gasteiger partial charge in [-0.2, -0.15) is 0 Å². The van der Waals surface area contributed by atoms with Crippen molar-refractivity contribution in [2.75, 3.05) is 0 Å². The molecule has 0 saturated carbocycles. The van der Waals surface area contributed by atoms with Crippen molar-refractivity contribution < 1.29 is 9.84 Å². The zero-order chi connectivity index (χ0) is 15.5. The summed E-state index contributed by atoms with van der Waals surface area (Å²) in [7, 11) is 0. The molecule has 0 unspecified atom stereocenters. The number of hydrogen-bond donors (Lipinski definition) is 1. The number of aromatic nitrogens is 1. The molecule has 1 aromatic carbocycles. The number of pyridine rings is 1. The summed E-state index contributed by atoms with van der Waals surface area (Å²) in [6, 6.07) is 11.7. The molecule has 3 heteroatoms. The highest BCUT2D eigenvalue weighted by Crippen LogP contribution is 2.28. The lowest BCUT2D eigenvalue weighted by Gasteiger charge is -2.19. The maximum Gasteiger partial charge on any atom is 0.145 e. The highest BCUT2D eigenvalue weighted by atomic mass is 16.5. The third kappa shape index (κ3) is 4.05. The third-order valence-corrected chi connectivity index (χ3v) is 3.42. The SMILES string of the molecule is CC[C@H](O)c1ccc(Oc2cccc(C(C)(C)C)c2)cn1. The molecule has 3 nitrogen and oxygen atoms in total. The Kier molecular flexibility index (Phi) is 4.63. The van der Waals surface area contributed by atoms with E-state index in [1.807, 2.05) is 25.1 Å². The molecule has 0 aliphatic heterocycles. The Morgan fingerprint density at radius 3 is 2.48 bits per heavy atom. The summed E-state index contributed by atoms with van der Waals surface area (Å²) >= 11 is 0. The fourth-order valence-electron chi connectivity index (χ4n) is 2.02. The van der Waals surface area contributed by atoms with Crippen LogP contribution in [0.2, 0.25) is 0 Å². The first-order chi connectivity index (χ1) is 9.90. The van der Waals surface area contributed by atoms with Gasteiger partial charge in [-0.1, -0.05) is 39.8 Å². The summed E-state index contributed by atoms with van der Waals surface area (Å²) in [4.78, 5) is 4.24. The van der Waals surface area contributed by atoms with Gasteiger partial charge < -0.3 is 9.84 Å². The molecular weight excluding hydrogens is 262 g/mol. The lowest BCUT2D eigenvalue weighted by atomic mass is 9.87. The van der Waals surface area contributed by atoms with Gasteiger partial charge in [0.15, 0.2) is 0 Å². The molecule has 0 bridgehead atoms. The molecule has 21 heavy (non-hydrogen) atoms. The van der Waals surface area contributed by atoms with Crippen molar-refractivity contribution in [3.63, 3.8) is 0 Å². The summed E-state index contributed by atoms with van der Waals surface area (Å²) < 4.78 is 5.84. The van der Waals surface area contributed by atoms with Crippen molar-refractivity contribution in [3.05, 3.63) is 53.9 Å². The molecule has 0 aliphatic rings. The Balaban J connectivity index is 2.15. The van der Waals surface area contributed by atoms with E-state index in [0.717, 1.165) is 5.75 Å². The van der Waals surface area contributed by atoms with Crippen LogP contribution in [0.15, 0.2) is 42.6 Å². The molecule has 112 valence electrons. The average molecular weight is 285 g/mol. The topological polar surface area (TPSA) is 42.4 Å². The second-order valence-electron chi connectivity index (χ2n) is 6.22. The average Bonchev–Trinajstić information content (AvgIpc) is 2.47. The van der Waals surface area contributed by atoms with Crippen molar-refractivity contribution in [2.45, 2.75) is 45.6 Å². The van der Waals surface area contributed by atoms with Crippen LogP contribution in [0.1, 0.15) is 51.5 Å². The first-order valence-electron chi connectivity index (χ1n) is 7.32. The maximum absolute atomic E-state index is 9.73. The highest BCUT2D eigenvalue weighted by Gasteiger charge is 2.14. The highest BCUT2D eigenvalue weighted by molar-refractivity contribution is 5.36. The summed E-state index contributed by atoms with van der Waals surface area (Å²) in [5.74, 6) is 1.47. The van der Waals surface area contributed by atoms with E-state index >= 15 is 0 Å². The van der Waals surface area contributed by atoms with Crippen LogP contribution >= 0.6 is 0 Å². The Labute approximate surface area is 126 Å². The summed E-state index contributed by atoms with van der Waals surface area (Å²) in [6.07, 6.45) is 1.79. The third-order valence-electron chi connectivity index (χ3n) is 3.42. The standard InChI is InChI=1S/C18H23NO2/c1-5-17(20)16-10-9-15(12-19-16)21-14-8-6-7-13(11-14)18(2,3)4/h6-12,17,20H,5H2,1-4H3/t17-/m0/s1. The van der Waals surface area contributed by atoms with Gasteiger partial charge in [-0.15, -0.1) is 0 Å². The van der Waals surface area contributed by atoms with Gasteiger partial charge in [-0.25, -0.2) is 0 Å². The predicted molar refractivity (Wildman–Crippen MR) is 84.7 cm³/mol. The van der Waals surface area contributed by atoms with Crippen molar-refractivity contribution >= 4 is 0 Å². The van der Waals surface area contributed by atoms with E-state index < -0.39 is 6.10 Å². The minimum Gasteiger partial charge on any atom is -0.456 e. The molecule has 0 aliphatic carbocycles. The zero-order valence-electron chi connectivity index (χ0n) is 13.1. The lowest BCUT2D eigenvalue weighted by molar-refractivity contribution is 0.169. The van der Waals surface area contributed by atoms with Crippen molar-refractivity contribution in [2.24, 2.45) is 0 Å².